The summed E-state index contributed by atoms with van der Waals surface area (Å²) in [5, 5.41) is 0. The third-order valence-corrected chi connectivity index (χ3v) is 9.04. The number of aryl methyl sites for hydroxylation is 2. The molecule has 7 nitrogen and oxygen atoms in total. The van der Waals surface area contributed by atoms with Crippen molar-refractivity contribution in [2.45, 2.75) is 63.9 Å². The fourth-order valence-electron chi connectivity index (χ4n) is 5.69. The highest BCUT2D eigenvalue weighted by atomic mass is 16.6. The van der Waals surface area contributed by atoms with E-state index in [4.69, 9.17) is 28.4 Å². The van der Waals surface area contributed by atoms with Crippen molar-refractivity contribution >= 4 is 0 Å². The molecule has 0 bridgehead atoms. The maximum absolute atomic E-state index is 6.08. The van der Waals surface area contributed by atoms with Crippen molar-refractivity contribution in [3.8, 4) is 45.5 Å². The van der Waals surface area contributed by atoms with Crippen molar-refractivity contribution in [2.75, 3.05) is 26.4 Å². The van der Waals surface area contributed by atoms with Crippen LogP contribution in [0.5, 0.6) is 23.3 Å². The molecule has 0 amide bonds. The van der Waals surface area contributed by atoms with Gasteiger partial charge in [-0.2, -0.15) is 4.98 Å². The van der Waals surface area contributed by atoms with E-state index in [0.717, 1.165) is 50.0 Å². The van der Waals surface area contributed by atoms with Gasteiger partial charge in [-0.3, -0.25) is 0 Å². The molecule has 3 heterocycles. The lowest BCUT2D eigenvalue weighted by Crippen LogP contribution is -2.13. The predicted octanol–water partition coefficient (Wildman–Crippen LogP) is 9.47. The number of ether oxygens (including phenoxy) is 6. The Labute approximate surface area is 295 Å². The molecule has 2 saturated heterocycles. The lowest BCUT2D eigenvalue weighted by Gasteiger charge is -2.12. The van der Waals surface area contributed by atoms with E-state index in [0.29, 0.717) is 48.7 Å². The number of nitrogens with zero attached hydrogens (tertiary/aromatic N) is 1. The molecule has 0 radical (unpaired) electrons. The summed E-state index contributed by atoms with van der Waals surface area (Å²) < 4.78 is 34.3. The second-order valence-electron chi connectivity index (χ2n) is 13.2. The van der Waals surface area contributed by atoms with Crippen molar-refractivity contribution < 1.29 is 28.4 Å². The zero-order valence-electron chi connectivity index (χ0n) is 28.8. The van der Waals surface area contributed by atoms with E-state index in [1.165, 1.54) is 22.3 Å². The second kappa shape index (κ2) is 16.5. The van der Waals surface area contributed by atoms with Gasteiger partial charge in [0.2, 0.25) is 11.8 Å². The Bertz CT molecular complexity index is 1650. The fraction of sp³-hybridized carbons (Fsp3) is 0.326. The van der Waals surface area contributed by atoms with Gasteiger partial charge < -0.3 is 28.4 Å². The minimum absolute atomic E-state index is 0.230. The minimum Gasteiger partial charge on any atom is -0.439 e. The molecule has 7 rings (SSSR count). The van der Waals surface area contributed by atoms with Crippen molar-refractivity contribution in [2.24, 2.45) is 0 Å². The molecule has 258 valence electrons. The summed E-state index contributed by atoms with van der Waals surface area (Å²) in [7, 11) is 0. The van der Waals surface area contributed by atoms with Crippen LogP contribution in [0.1, 0.15) is 37.8 Å². The summed E-state index contributed by atoms with van der Waals surface area (Å²) in [6, 6.07) is 39.1. The Hall–Kier alpha value is -4.53. The van der Waals surface area contributed by atoms with Crippen molar-refractivity contribution in [3.05, 3.63) is 126 Å². The first-order valence-corrected chi connectivity index (χ1v) is 17.7. The van der Waals surface area contributed by atoms with Crippen molar-refractivity contribution in [1.29, 1.82) is 0 Å². The van der Waals surface area contributed by atoms with E-state index in [9.17, 15) is 0 Å². The lowest BCUT2D eigenvalue weighted by atomic mass is 10.0. The van der Waals surface area contributed by atoms with Gasteiger partial charge in [-0.25, -0.2) is 0 Å². The molecule has 0 saturated carbocycles. The molecule has 0 spiro atoms. The van der Waals surface area contributed by atoms with Crippen LogP contribution < -0.4 is 9.47 Å². The third-order valence-electron chi connectivity index (χ3n) is 9.04. The second-order valence-corrected chi connectivity index (χ2v) is 13.2. The van der Waals surface area contributed by atoms with Crippen LogP contribution in [0.25, 0.3) is 22.3 Å². The third kappa shape index (κ3) is 10.2. The molecule has 0 N–H and O–H groups in total. The van der Waals surface area contributed by atoms with Gasteiger partial charge in [0.25, 0.3) is 0 Å². The first kappa shape index (κ1) is 33.9. The Morgan fingerprint density at radius 1 is 0.540 bits per heavy atom. The van der Waals surface area contributed by atoms with Crippen LogP contribution in [0.15, 0.2) is 115 Å². The summed E-state index contributed by atoms with van der Waals surface area (Å²) in [6.45, 7) is 7.34. The SMILES string of the molecule is CC(CCc1ccc(-c2ccc(Oc3cccc(Oc4ccc(-c5ccc(CCC(C)OCC6CO6)cc5)cc4)n3)cc2)cc1)OCC1CO1. The van der Waals surface area contributed by atoms with Gasteiger partial charge >= 0.3 is 0 Å². The number of hydrogen-bond acceptors (Lipinski definition) is 7. The standard InChI is InChI=1S/C43H45NO6/c1-30(45-26-40-28-47-40)6-8-32-10-14-34(15-11-32)36-18-22-38(23-19-36)49-42-4-3-5-43(44-42)50-39-24-20-37(21-25-39)35-16-12-33(13-17-35)9-7-31(2)46-27-41-29-48-41/h3-5,10-25,30-31,40-41H,6-9,26-29H2,1-2H3. The summed E-state index contributed by atoms with van der Waals surface area (Å²) in [6.07, 6.45) is 5.05. The molecule has 50 heavy (non-hydrogen) atoms. The predicted molar refractivity (Wildman–Crippen MR) is 195 cm³/mol. The van der Waals surface area contributed by atoms with Crippen LogP contribution in [-0.4, -0.2) is 55.8 Å². The van der Waals surface area contributed by atoms with E-state index < -0.39 is 0 Å². The first-order valence-electron chi connectivity index (χ1n) is 17.7. The lowest BCUT2D eigenvalue weighted by molar-refractivity contribution is 0.0494. The topological polar surface area (TPSA) is 74.9 Å². The average molecular weight is 672 g/mol. The molecule has 1 aromatic heterocycles. The Balaban J connectivity index is 0.875. The van der Waals surface area contributed by atoms with Crippen LogP contribution in [0, 0.1) is 0 Å². The zero-order chi connectivity index (χ0) is 34.1. The van der Waals surface area contributed by atoms with Crippen molar-refractivity contribution in [3.63, 3.8) is 0 Å². The van der Waals surface area contributed by atoms with Gasteiger partial charge in [0.1, 0.15) is 23.7 Å². The normalized spacial score (nSPS) is 17.6. The van der Waals surface area contributed by atoms with E-state index in [2.05, 4.69) is 91.6 Å². The Morgan fingerprint density at radius 2 is 0.900 bits per heavy atom. The smallest absolute Gasteiger partial charge is 0.222 e. The average Bonchev–Trinajstić information content (AvgIpc) is 4.09. The zero-order valence-corrected chi connectivity index (χ0v) is 28.8. The molecule has 2 aliphatic heterocycles. The molecule has 4 unspecified atom stereocenters. The maximum Gasteiger partial charge on any atom is 0.222 e. The number of pyridine rings is 1. The highest BCUT2D eigenvalue weighted by molar-refractivity contribution is 5.65. The highest BCUT2D eigenvalue weighted by Gasteiger charge is 2.24. The summed E-state index contributed by atoms with van der Waals surface area (Å²) in [5.74, 6) is 2.36. The van der Waals surface area contributed by atoms with Gasteiger partial charge in [0, 0.05) is 12.1 Å². The largest absolute Gasteiger partial charge is 0.439 e. The monoisotopic (exact) mass is 671 g/mol. The van der Waals surface area contributed by atoms with E-state index in [1.807, 2.05) is 42.5 Å². The molecule has 0 aliphatic carbocycles. The van der Waals surface area contributed by atoms with Crippen LogP contribution in [-0.2, 0) is 31.8 Å². The Morgan fingerprint density at radius 3 is 1.26 bits per heavy atom. The fourth-order valence-corrected chi connectivity index (χ4v) is 5.69. The van der Waals surface area contributed by atoms with Crippen LogP contribution in [0.2, 0.25) is 0 Å². The van der Waals surface area contributed by atoms with E-state index >= 15 is 0 Å². The summed E-state index contributed by atoms with van der Waals surface area (Å²) in [5.41, 5.74) is 7.21. The highest BCUT2D eigenvalue weighted by Crippen LogP contribution is 2.29. The number of rotatable bonds is 18. The van der Waals surface area contributed by atoms with E-state index in [-0.39, 0.29) is 12.2 Å². The molecular formula is C43H45NO6. The van der Waals surface area contributed by atoms with Crippen LogP contribution >= 0.6 is 0 Å². The van der Waals surface area contributed by atoms with Crippen molar-refractivity contribution in [1.82, 2.24) is 4.98 Å². The van der Waals surface area contributed by atoms with Crippen LogP contribution in [0.3, 0.4) is 0 Å². The molecule has 4 aromatic carbocycles. The van der Waals surface area contributed by atoms with Crippen LogP contribution in [0.4, 0.5) is 0 Å². The molecule has 7 heteroatoms. The minimum atomic E-state index is 0.230. The number of hydrogen-bond donors (Lipinski definition) is 0. The first-order chi connectivity index (χ1) is 24.5. The number of aromatic nitrogens is 1. The van der Waals surface area contributed by atoms with Gasteiger partial charge in [0.05, 0.1) is 38.6 Å². The summed E-state index contributed by atoms with van der Waals surface area (Å²) in [4.78, 5) is 4.58. The van der Waals surface area contributed by atoms with Gasteiger partial charge in [0.15, 0.2) is 0 Å². The molecule has 2 aliphatic rings. The molecule has 2 fully saturated rings. The molecule has 5 aromatic rings. The van der Waals surface area contributed by atoms with Gasteiger partial charge in [-0.15, -0.1) is 0 Å². The maximum atomic E-state index is 6.08. The summed E-state index contributed by atoms with van der Waals surface area (Å²) >= 11 is 0. The number of benzene rings is 4. The van der Waals surface area contributed by atoms with E-state index in [1.54, 1.807) is 0 Å². The quantitative estimate of drug-likeness (QED) is 0.0859. The Kier molecular flexibility index (Phi) is 11.2. The molecule has 4 atom stereocenters. The molecular weight excluding hydrogens is 626 g/mol. The number of epoxide rings is 2. The van der Waals surface area contributed by atoms with Gasteiger partial charge in [-0.1, -0.05) is 78.9 Å². The van der Waals surface area contributed by atoms with Gasteiger partial charge in [-0.05, 0) is 97.2 Å².